The molecule has 25 heavy (non-hydrogen) atoms. The molecule has 0 bridgehead atoms. The van der Waals surface area contributed by atoms with Gasteiger partial charge in [0.2, 0.25) is 11.8 Å². The minimum absolute atomic E-state index is 0.156. The summed E-state index contributed by atoms with van der Waals surface area (Å²) in [5, 5.41) is 2.91. The molecule has 0 unspecified atom stereocenters. The van der Waals surface area contributed by atoms with E-state index in [1.165, 1.54) is 36.1 Å². The zero-order valence-corrected chi connectivity index (χ0v) is 14.8. The second-order valence-electron chi connectivity index (χ2n) is 6.19. The van der Waals surface area contributed by atoms with Crippen molar-refractivity contribution in [2.75, 3.05) is 16.8 Å². The van der Waals surface area contributed by atoms with Crippen LogP contribution in [0.1, 0.15) is 38.7 Å². The lowest BCUT2D eigenvalue weighted by molar-refractivity contribution is -0.117. The first-order valence-electron chi connectivity index (χ1n) is 8.31. The highest BCUT2D eigenvalue weighted by molar-refractivity contribution is 5.95. The van der Waals surface area contributed by atoms with Crippen LogP contribution < -0.4 is 10.2 Å². The molecule has 4 nitrogen and oxygen atoms in total. The molecule has 0 radical (unpaired) electrons. The van der Waals surface area contributed by atoms with Crippen LogP contribution in [0.25, 0.3) is 0 Å². The third kappa shape index (κ3) is 5.14. The molecule has 0 aromatic heterocycles. The van der Waals surface area contributed by atoms with Gasteiger partial charge in [-0.15, -0.1) is 0 Å². The number of rotatable bonds is 6. The lowest BCUT2D eigenvalue weighted by Gasteiger charge is -2.21. The highest BCUT2D eigenvalue weighted by Gasteiger charge is 2.15. The molecular weight excluding hydrogens is 319 g/mol. The number of amides is 2. The molecule has 0 atom stereocenters. The van der Waals surface area contributed by atoms with E-state index in [1.807, 2.05) is 24.3 Å². The van der Waals surface area contributed by atoms with Gasteiger partial charge in [0.25, 0.3) is 0 Å². The number of benzene rings is 2. The molecule has 0 spiro atoms. The molecule has 2 aromatic rings. The molecule has 2 rings (SSSR count). The van der Waals surface area contributed by atoms with E-state index in [0.29, 0.717) is 11.6 Å². The summed E-state index contributed by atoms with van der Waals surface area (Å²) in [5.41, 5.74) is 2.43. The number of anilines is 2. The van der Waals surface area contributed by atoms with Crippen LogP contribution in [-0.4, -0.2) is 18.4 Å². The third-order valence-electron chi connectivity index (χ3n) is 3.94. The average molecular weight is 342 g/mol. The Kier molecular flexibility index (Phi) is 6.28. The fraction of sp³-hybridized carbons (Fsp3) is 0.300. The fourth-order valence-corrected chi connectivity index (χ4v) is 2.63. The Labute approximate surface area is 147 Å². The van der Waals surface area contributed by atoms with E-state index in [1.54, 1.807) is 0 Å². The molecule has 0 saturated carbocycles. The van der Waals surface area contributed by atoms with E-state index in [4.69, 9.17) is 0 Å². The van der Waals surface area contributed by atoms with Gasteiger partial charge in [-0.25, -0.2) is 4.39 Å². The van der Waals surface area contributed by atoms with Gasteiger partial charge in [0.05, 0.1) is 0 Å². The van der Waals surface area contributed by atoms with E-state index < -0.39 is 0 Å². The van der Waals surface area contributed by atoms with E-state index in [0.717, 1.165) is 11.3 Å². The van der Waals surface area contributed by atoms with Gasteiger partial charge in [-0.1, -0.05) is 32.0 Å². The highest BCUT2D eigenvalue weighted by Crippen LogP contribution is 2.24. The molecule has 0 heterocycles. The van der Waals surface area contributed by atoms with Crippen LogP contribution in [-0.2, 0) is 9.59 Å². The topological polar surface area (TPSA) is 49.4 Å². The van der Waals surface area contributed by atoms with Crippen LogP contribution in [0.15, 0.2) is 48.5 Å². The minimum atomic E-state index is -0.365. The maximum absolute atomic E-state index is 13.0. The van der Waals surface area contributed by atoms with Crippen molar-refractivity contribution in [2.24, 2.45) is 0 Å². The van der Waals surface area contributed by atoms with Gasteiger partial charge in [-0.2, -0.15) is 0 Å². The second kappa shape index (κ2) is 8.42. The SMILES string of the molecule is CC(=O)N(CCC(=O)Nc1ccccc1C(C)C)c1ccc(F)cc1. The molecule has 0 aliphatic heterocycles. The molecule has 1 N–H and O–H groups in total. The van der Waals surface area contributed by atoms with Crippen molar-refractivity contribution in [3.63, 3.8) is 0 Å². The second-order valence-corrected chi connectivity index (χ2v) is 6.19. The Morgan fingerprint density at radius 1 is 1.08 bits per heavy atom. The largest absolute Gasteiger partial charge is 0.326 e. The number of nitrogens with one attached hydrogen (secondary N) is 1. The average Bonchev–Trinajstić information content (AvgIpc) is 2.56. The summed E-state index contributed by atoms with van der Waals surface area (Å²) in [6.07, 6.45) is 0.156. The smallest absolute Gasteiger partial charge is 0.226 e. The first-order chi connectivity index (χ1) is 11.9. The molecule has 2 amide bonds. The van der Waals surface area contributed by atoms with Gasteiger partial charge in [0, 0.05) is 31.3 Å². The standard InChI is InChI=1S/C20H23FN2O2/c1-14(2)18-6-4-5-7-19(18)22-20(25)12-13-23(15(3)24)17-10-8-16(21)9-11-17/h4-11,14H,12-13H2,1-3H3,(H,22,25). The van der Waals surface area contributed by atoms with Crippen molar-refractivity contribution in [1.29, 1.82) is 0 Å². The number of carbonyl (C=O) groups excluding carboxylic acids is 2. The number of nitrogens with zero attached hydrogens (tertiary/aromatic N) is 1. The predicted molar refractivity (Wildman–Crippen MR) is 98.2 cm³/mol. The molecule has 5 heteroatoms. The van der Waals surface area contributed by atoms with Gasteiger partial charge in [0.1, 0.15) is 5.82 Å². The van der Waals surface area contributed by atoms with Crippen LogP contribution in [0, 0.1) is 5.82 Å². The Hall–Kier alpha value is -2.69. The van der Waals surface area contributed by atoms with Gasteiger partial charge >= 0.3 is 0 Å². The zero-order valence-electron chi connectivity index (χ0n) is 14.8. The van der Waals surface area contributed by atoms with Crippen LogP contribution in [0.5, 0.6) is 0 Å². The van der Waals surface area contributed by atoms with Crippen LogP contribution >= 0.6 is 0 Å². The quantitative estimate of drug-likeness (QED) is 0.849. The summed E-state index contributed by atoms with van der Waals surface area (Å²) in [6.45, 7) is 5.79. The lowest BCUT2D eigenvalue weighted by atomic mass is 10.0. The molecule has 0 fully saturated rings. The lowest BCUT2D eigenvalue weighted by Crippen LogP contribution is -2.32. The molecule has 0 aliphatic carbocycles. The molecule has 0 aliphatic rings. The molecular formula is C20H23FN2O2. The van der Waals surface area contributed by atoms with E-state index in [2.05, 4.69) is 19.2 Å². The normalized spacial score (nSPS) is 10.6. The monoisotopic (exact) mass is 342 g/mol. The van der Waals surface area contributed by atoms with Crippen LogP contribution in [0.4, 0.5) is 15.8 Å². The van der Waals surface area contributed by atoms with Crippen molar-refractivity contribution < 1.29 is 14.0 Å². The predicted octanol–water partition coefficient (Wildman–Crippen LogP) is 4.33. The number of halogens is 1. The van der Waals surface area contributed by atoms with Crippen molar-refractivity contribution in [2.45, 2.75) is 33.1 Å². The third-order valence-corrected chi connectivity index (χ3v) is 3.94. The maximum atomic E-state index is 13.0. The Balaban J connectivity index is 2.02. The molecule has 132 valence electrons. The Bertz CT molecular complexity index is 742. The molecule has 0 saturated heterocycles. The van der Waals surface area contributed by atoms with Crippen LogP contribution in [0.3, 0.4) is 0 Å². The summed E-state index contributed by atoms with van der Waals surface area (Å²) >= 11 is 0. The summed E-state index contributed by atoms with van der Waals surface area (Å²) in [4.78, 5) is 25.6. The van der Waals surface area contributed by atoms with Gasteiger partial charge in [-0.3, -0.25) is 9.59 Å². The summed E-state index contributed by atoms with van der Waals surface area (Å²) in [6, 6.07) is 13.3. The minimum Gasteiger partial charge on any atom is -0.326 e. The number of hydrogen-bond acceptors (Lipinski definition) is 2. The van der Waals surface area contributed by atoms with E-state index in [-0.39, 0.29) is 30.6 Å². The maximum Gasteiger partial charge on any atom is 0.226 e. The van der Waals surface area contributed by atoms with Gasteiger partial charge in [0.15, 0.2) is 0 Å². The number of carbonyl (C=O) groups is 2. The van der Waals surface area contributed by atoms with Gasteiger partial charge in [-0.05, 0) is 41.8 Å². The summed E-state index contributed by atoms with van der Waals surface area (Å²) in [7, 11) is 0. The number of hydrogen-bond donors (Lipinski definition) is 1. The Morgan fingerprint density at radius 3 is 2.32 bits per heavy atom. The first kappa shape index (κ1) is 18.6. The van der Waals surface area contributed by atoms with Crippen molar-refractivity contribution >= 4 is 23.2 Å². The summed E-state index contributed by atoms with van der Waals surface area (Å²) < 4.78 is 13.0. The fourth-order valence-electron chi connectivity index (χ4n) is 2.63. The number of para-hydroxylation sites is 1. The van der Waals surface area contributed by atoms with E-state index >= 15 is 0 Å². The van der Waals surface area contributed by atoms with E-state index in [9.17, 15) is 14.0 Å². The van der Waals surface area contributed by atoms with Crippen molar-refractivity contribution in [3.8, 4) is 0 Å². The molecule has 2 aromatic carbocycles. The highest BCUT2D eigenvalue weighted by atomic mass is 19.1. The summed E-state index contributed by atoms with van der Waals surface area (Å²) in [5.74, 6) is -0.428. The van der Waals surface area contributed by atoms with Crippen molar-refractivity contribution in [1.82, 2.24) is 0 Å². The zero-order chi connectivity index (χ0) is 18.4. The first-order valence-corrected chi connectivity index (χ1v) is 8.31. The van der Waals surface area contributed by atoms with Crippen molar-refractivity contribution in [3.05, 3.63) is 59.9 Å². The van der Waals surface area contributed by atoms with Crippen LogP contribution in [0.2, 0.25) is 0 Å². The van der Waals surface area contributed by atoms with Gasteiger partial charge < -0.3 is 10.2 Å². The Morgan fingerprint density at radius 2 is 1.72 bits per heavy atom.